The van der Waals surface area contributed by atoms with Crippen LogP contribution in [0.25, 0.3) is 0 Å². The third-order valence-corrected chi connectivity index (χ3v) is 5.63. The Hall–Kier alpha value is -1.64. The molecule has 0 aliphatic carbocycles. The summed E-state index contributed by atoms with van der Waals surface area (Å²) in [5, 5.41) is 2.92. The van der Waals surface area contributed by atoms with Gasteiger partial charge in [0.2, 0.25) is 5.91 Å². The Morgan fingerprint density at radius 3 is 2.11 bits per heavy atom. The number of halogens is 1. The second kappa shape index (κ2) is 10.1. The van der Waals surface area contributed by atoms with Gasteiger partial charge in [-0.1, -0.05) is 13.8 Å². The first-order valence-corrected chi connectivity index (χ1v) is 10.1. The van der Waals surface area contributed by atoms with E-state index in [1.807, 2.05) is 6.92 Å². The second-order valence-electron chi connectivity index (χ2n) is 7.39. The van der Waals surface area contributed by atoms with Gasteiger partial charge >= 0.3 is 0 Å². The largest absolute Gasteiger partial charge is 0.348 e. The number of rotatable bonds is 8. The van der Waals surface area contributed by atoms with Crippen molar-refractivity contribution in [3.8, 4) is 0 Å². The molecule has 1 unspecified atom stereocenters. The summed E-state index contributed by atoms with van der Waals surface area (Å²) in [6.07, 6.45) is 0.731. The molecule has 1 rings (SSSR count). The van der Waals surface area contributed by atoms with Crippen molar-refractivity contribution in [1.82, 2.24) is 10.2 Å². The SMILES string of the molecule is CC(C)CC(C)(CN)NC(=O)c1ccc(S(=O)(=O)CC(=O)N(C)C)cc1.Cl. The normalized spacial score (nSPS) is 13.4. The van der Waals surface area contributed by atoms with Crippen LogP contribution < -0.4 is 11.1 Å². The maximum absolute atomic E-state index is 12.5. The van der Waals surface area contributed by atoms with E-state index in [1.54, 1.807) is 0 Å². The van der Waals surface area contributed by atoms with Gasteiger partial charge in [0.1, 0.15) is 5.75 Å². The number of hydrogen-bond acceptors (Lipinski definition) is 5. The number of carbonyl (C=O) groups excluding carboxylic acids is 2. The average Bonchev–Trinajstić information content (AvgIpc) is 2.53. The first kappa shape index (κ1) is 25.4. The maximum Gasteiger partial charge on any atom is 0.251 e. The molecule has 9 heteroatoms. The third-order valence-electron chi connectivity index (χ3n) is 4.01. The molecule has 154 valence electrons. The fourth-order valence-electron chi connectivity index (χ4n) is 2.62. The van der Waals surface area contributed by atoms with Crippen LogP contribution in [0.4, 0.5) is 0 Å². The maximum atomic E-state index is 12.5. The highest BCUT2D eigenvalue weighted by molar-refractivity contribution is 7.92. The first-order chi connectivity index (χ1) is 11.9. The van der Waals surface area contributed by atoms with Gasteiger partial charge in [-0.25, -0.2) is 8.42 Å². The summed E-state index contributed by atoms with van der Waals surface area (Å²) in [6.45, 7) is 6.29. The van der Waals surface area contributed by atoms with E-state index in [0.717, 1.165) is 6.42 Å². The number of nitrogens with two attached hydrogens (primary N) is 1. The molecule has 1 aromatic rings. The topological polar surface area (TPSA) is 110 Å². The van der Waals surface area contributed by atoms with Crippen molar-refractivity contribution >= 4 is 34.1 Å². The highest BCUT2D eigenvalue weighted by Crippen LogP contribution is 2.17. The quantitative estimate of drug-likeness (QED) is 0.662. The van der Waals surface area contributed by atoms with Crippen LogP contribution >= 0.6 is 12.4 Å². The Kier molecular flexibility index (Phi) is 9.44. The predicted octanol–water partition coefficient (Wildman–Crippen LogP) is 1.46. The molecule has 0 fully saturated rings. The zero-order chi connectivity index (χ0) is 20.1. The molecule has 1 atom stereocenters. The van der Waals surface area contributed by atoms with Gasteiger partial charge in [-0.2, -0.15) is 0 Å². The van der Waals surface area contributed by atoms with Gasteiger partial charge in [-0.05, 0) is 43.5 Å². The molecule has 27 heavy (non-hydrogen) atoms. The van der Waals surface area contributed by atoms with Gasteiger partial charge < -0.3 is 16.0 Å². The van der Waals surface area contributed by atoms with E-state index in [9.17, 15) is 18.0 Å². The molecule has 0 saturated heterocycles. The van der Waals surface area contributed by atoms with Gasteiger partial charge in [0.05, 0.1) is 4.90 Å². The molecule has 2 amide bonds. The van der Waals surface area contributed by atoms with Crippen LogP contribution in [-0.2, 0) is 14.6 Å². The molecule has 1 aromatic carbocycles. The van der Waals surface area contributed by atoms with E-state index in [-0.39, 0.29) is 23.2 Å². The van der Waals surface area contributed by atoms with E-state index in [1.165, 1.54) is 43.3 Å². The lowest BCUT2D eigenvalue weighted by Crippen LogP contribution is -2.52. The molecule has 0 saturated carbocycles. The minimum atomic E-state index is -3.75. The van der Waals surface area contributed by atoms with Crippen LogP contribution in [0.15, 0.2) is 29.2 Å². The molecule has 0 aromatic heterocycles. The van der Waals surface area contributed by atoms with Crippen molar-refractivity contribution in [2.45, 2.75) is 37.6 Å². The lowest BCUT2D eigenvalue weighted by Gasteiger charge is -2.31. The van der Waals surface area contributed by atoms with Crippen molar-refractivity contribution < 1.29 is 18.0 Å². The average molecular weight is 420 g/mol. The predicted molar refractivity (Wildman–Crippen MR) is 109 cm³/mol. The van der Waals surface area contributed by atoms with Gasteiger partial charge in [0.25, 0.3) is 5.91 Å². The van der Waals surface area contributed by atoms with Crippen LogP contribution in [-0.4, -0.2) is 57.1 Å². The lowest BCUT2D eigenvalue weighted by molar-refractivity contribution is -0.125. The number of nitrogens with zero attached hydrogens (tertiary/aromatic N) is 1. The summed E-state index contributed by atoms with van der Waals surface area (Å²) in [5.74, 6) is -1.05. The van der Waals surface area contributed by atoms with Gasteiger partial charge in [0.15, 0.2) is 9.84 Å². The zero-order valence-electron chi connectivity index (χ0n) is 16.5. The smallest absolute Gasteiger partial charge is 0.251 e. The van der Waals surface area contributed by atoms with E-state index in [0.29, 0.717) is 18.0 Å². The van der Waals surface area contributed by atoms with Crippen LogP contribution in [0.5, 0.6) is 0 Å². The molecule has 0 heterocycles. The monoisotopic (exact) mass is 419 g/mol. The number of hydrogen-bond donors (Lipinski definition) is 2. The van der Waals surface area contributed by atoms with E-state index in [2.05, 4.69) is 19.2 Å². The number of nitrogens with one attached hydrogen (secondary N) is 1. The lowest BCUT2D eigenvalue weighted by atomic mass is 9.90. The third kappa shape index (κ3) is 7.48. The summed E-state index contributed by atoms with van der Waals surface area (Å²) >= 11 is 0. The molecule has 0 bridgehead atoms. The minimum Gasteiger partial charge on any atom is -0.348 e. The van der Waals surface area contributed by atoms with Crippen molar-refractivity contribution in [2.24, 2.45) is 11.7 Å². The van der Waals surface area contributed by atoms with E-state index >= 15 is 0 Å². The number of benzene rings is 1. The fourth-order valence-corrected chi connectivity index (χ4v) is 3.92. The summed E-state index contributed by atoms with van der Waals surface area (Å²) in [4.78, 5) is 25.3. The van der Waals surface area contributed by atoms with Gasteiger partial charge in [-0.3, -0.25) is 9.59 Å². The second-order valence-corrected chi connectivity index (χ2v) is 9.38. The van der Waals surface area contributed by atoms with Crippen molar-refractivity contribution in [3.05, 3.63) is 29.8 Å². The molecular formula is C18H30ClN3O4S. The van der Waals surface area contributed by atoms with Crippen LogP contribution in [0, 0.1) is 5.92 Å². The highest BCUT2D eigenvalue weighted by atomic mass is 35.5. The Bertz CT molecular complexity index is 748. The molecule has 0 spiro atoms. The molecular weight excluding hydrogens is 390 g/mol. The van der Waals surface area contributed by atoms with Crippen molar-refractivity contribution in [2.75, 3.05) is 26.4 Å². The Morgan fingerprint density at radius 1 is 1.19 bits per heavy atom. The number of amides is 2. The molecule has 0 radical (unpaired) electrons. The van der Waals surface area contributed by atoms with Gasteiger partial charge in [0, 0.05) is 31.7 Å². The number of sulfone groups is 1. The van der Waals surface area contributed by atoms with Crippen LogP contribution in [0.1, 0.15) is 37.6 Å². The fraction of sp³-hybridized carbons (Fsp3) is 0.556. The Balaban J connectivity index is 0.00000676. The van der Waals surface area contributed by atoms with Crippen molar-refractivity contribution in [3.63, 3.8) is 0 Å². The Morgan fingerprint density at radius 2 is 1.70 bits per heavy atom. The minimum absolute atomic E-state index is 0. The highest BCUT2D eigenvalue weighted by Gasteiger charge is 2.27. The summed E-state index contributed by atoms with van der Waals surface area (Å²) in [7, 11) is -0.752. The molecule has 3 N–H and O–H groups in total. The molecule has 0 aliphatic heterocycles. The molecule has 0 aliphatic rings. The van der Waals surface area contributed by atoms with Crippen LogP contribution in [0.3, 0.4) is 0 Å². The Labute approximate surface area is 168 Å². The van der Waals surface area contributed by atoms with Crippen LogP contribution in [0.2, 0.25) is 0 Å². The van der Waals surface area contributed by atoms with E-state index < -0.39 is 27.0 Å². The summed E-state index contributed by atoms with van der Waals surface area (Å²) < 4.78 is 24.5. The standard InChI is InChI=1S/C18H29N3O4S.ClH/c1-13(2)10-18(3,12-19)20-17(23)14-6-8-15(9-7-14)26(24,25)11-16(22)21(4)5;/h6-9,13H,10-12,19H2,1-5H3,(H,20,23);1H. The number of carbonyl (C=O) groups is 2. The van der Waals surface area contributed by atoms with Crippen molar-refractivity contribution in [1.29, 1.82) is 0 Å². The van der Waals surface area contributed by atoms with Gasteiger partial charge in [-0.15, -0.1) is 12.4 Å². The summed E-state index contributed by atoms with van der Waals surface area (Å²) in [5.41, 5.74) is 5.61. The summed E-state index contributed by atoms with van der Waals surface area (Å²) in [6, 6.07) is 5.56. The first-order valence-electron chi connectivity index (χ1n) is 8.46. The molecule has 7 nitrogen and oxygen atoms in total. The zero-order valence-corrected chi connectivity index (χ0v) is 18.1. The van der Waals surface area contributed by atoms with E-state index in [4.69, 9.17) is 5.73 Å².